The van der Waals surface area contributed by atoms with Crippen molar-refractivity contribution in [3.05, 3.63) is 76.3 Å². The molecule has 134 valence electrons. The van der Waals surface area contributed by atoms with Crippen LogP contribution in [-0.2, 0) is 11.2 Å². The van der Waals surface area contributed by atoms with Gasteiger partial charge in [-0.3, -0.25) is 4.79 Å². The topological polar surface area (TPSA) is 38.3 Å². The van der Waals surface area contributed by atoms with E-state index in [0.29, 0.717) is 12.3 Å². The lowest BCUT2D eigenvalue weighted by atomic mass is 10.1. The van der Waals surface area contributed by atoms with Gasteiger partial charge < -0.3 is 10.1 Å². The van der Waals surface area contributed by atoms with Crippen molar-refractivity contribution in [1.29, 1.82) is 0 Å². The van der Waals surface area contributed by atoms with Crippen LogP contribution < -0.4 is 10.1 Å². The van der Waals surface area contributed by atoms with Crippen molar-refractivity contribution in [3.8, 4) is 5.75 Å². The Labute approximate surface area is 162 Å². The van der Waals surface area contributed by atoms with Crippen molar-refractivity contribution in [3.63, 3.8) is 0 Å². The van der Waals surface area contributed by atoms with Gasteiger partial charge in [-0.2, -0.15) is 0 Å². The predicted octanol–water partition coefficient (Wildman–Crippen LogP) is 5.04. The Balaban J connectivity index is 1.45. The van der Waals surface area contributed by atoms with Gasteiger partial charge in [-0.25, -0.2) is 0 Å². The number of carbonyl (C=O) groups excluding carboxylic acids is 1. The number of rotatable bonds is 7. The fraction of sp³-hybridized carbons (Fsp3) is 0.227. The van der Waals surface area contributed by atoms with Gasteiger partial charge >= 0.3 is 0 Å². The van der Waals surface area contributed by atoms with E-state index in [4.69, 9.17) is 4.74 Å². The van der Waals surface area contributed by atoms with Crippen LogP contribution in [0.2, 0.25) is 0 Å². The van der Waals surface area contributed by atoms with Crippen molar-refractivity contribution in [1.82, 2.24) is 5.32 Å². The van der Waals surface area contributed by atoms with E-state index in [-0.39, 0.29) is 12.5 Å². The Morgan fingerprint density at radius 1 is 1.08 bits per heavy atom. The highest BCUT2D eigenvalue weighted by Gasteiger charge is 2.08. The van der Waals surface area contributed by atoms with Crippen LogP contribution in [0.25, 0.3) is 10.8 Å². The zero-order valence-electron chi connectivity index (χ0n) is 14.8. The fourth-order valence-corrected chi connectivity index (χ4v) is 3.52. The van der Waals surface area contributed by atoms with Gasteiger partial charge in [0.15, 0.2) is 6.61 Å². The lowest BCUT2D eigenvalue weighted by Gasteiger charge is -2.11. The monoisotopic (exact) mass is 411 g/mol. The van der Waals surface area contributed by atoms with Crippen molar-refractivity contribution in [2.75, 3.05) is 13.2 Å². The van der Waals surface area contributed by atoms with Gasteiger partial charge in [0.05, 0.1) is 4.47 Å². The first-order chi connectivity index (χ1) is 12.6. The summed E-state index contributed by atoms with van der Waals surface area (Å²) in [5.41, 5.74) is 2.57. The SMILES string of the molecule is Cc1cccc(CCCNC(=O)COc2ccc3ccccc3c2Br)c1. The van der Waals surface area contributed by atoms with Crippen molar-refractivity contribution < 1.29 is 9.53 Å². The molecule has 3 aromatic rings. The maximum atomic E-state index is 12.0. The van der Waals surface area contributed by atoms with E-state index in [1.165, 1.54) is 11.1 Å². The van der Waals surface area contributed by atoms with Crippen molar-refractivity contribution in [2.24, 2.45) is 0 Å². The molecule has 0 aliphatic heterocycles. The summed E-state index contributed by atoms with van der Waals surface area (Å²) in [6.45, 7) is 2.75. The number of aryl methyl sites for hydroxylation is 2. The summed E-state index contributed by atoms with van der Waals surface area (Å²) < 4.78 is 6.56. The van der Waals surface area contributed by atoms with Crippen LogP contribution in [0.1, 0.15) is 17.5 Å². The average Bonchev–Trinajstić information content (AvgIpc) is 2.65. The van der Waals surface area contributed by atoms with E-state index in [1.807, 2.05) is 36.4 Å². The summed E-state index contributed by atoms with van der Waals surface area (Å²) in [4.78, 5) is 12.0. The summed E-state index contributed by atoms with van der Waals surface area (Å²) in [5, 5.41) is 5.12. The molecule has 4 heteroatoms. The predicted molar refractivity (Wildman–Crippen MR) is 110 cm³/mol. The second-order valence-corrected chi connectivity index (χ2v) is 7.12. The molecule has 3 aromatic carbocycles. The largest absolute Gasteiger partial charge is 0.483 e. The molecular formula is C22H22BrNO2. The fourth-order valence-electron chi connectivity index (χ4n) is 2.91. The molecular weight excluding hydrogens is 390 g/mol. The Hall–Kier alpha value is -2.33. The van der Waals surface area contributed by atoms with E-state index in [9.17, 15) is 4.79 Å². The second kappa shape index (κ2) is 8.86. The van der Waals surface area contributed by atoms with Crippen LogP contribution in [0.3, 0.4) is 0 Å². The molecule has 0 unspecified atom stereocenters. The number of amides is 1. The van der Waals surface area contributed by atoms with E-state index >= 15 is 0 Å². The Morgan fingerprint density at radius 3 is 2.77 bits per heavy atom. The van der Waals surface area contributed by atoms with Gasteiger partial charge in [0.1, 0.15) is 5.75 Å². The summed E-state index contributed by atoms with van der Waals surface area (Å²) in [7, 11) is 0. The molecule has 0 fully saturated rings. The summed E-state index contributed by atoms with van der Waals surface area (Å²) in [6, 6.07) is 20.4. The molecule has 0 aromatic heterocycles. The number of hydrogen-bond acceptors (Lipinski definition) is 2. The lowest BCUT2D eigenvalue weighted by Crippen LogP contribution is -2.30. The number of ether oxygens (including phenoxy) is 1. The molecule has 0 spiro atoms. The number of hydrogen-bond donors (Lipinski definition) is 1. The van der Waals surface area contributed by atoms with E-state index in [1.54, 1.807) is 0 Å². The molecule has 0 aliphatic rings. The maximum absolute atomic E-state index is 12.0. The zero-order chi connectivity index (χ0) is 18.4. The van der Waals surface area contributed by atoms with E-state index in [2.05, 4.69) is 52.4 Å². The highest BCUT2D eigenvalue weighted by molar-refractivity contribution is 9.10. The summed E-state index contributed by atoms with van der Waals surface area (Å²) >= 11 is 3.57. The average molecular weight is 412 g/mol. The Morgan fingerprint density at radius 2 is 1.92 bits per heavy atom. The molecule has 1 N–H and O–H groups in total. The van der Waals surface area contributed by atoms with Gasteiger partial charge in [0.25, 0.3) is 5.91 Å². The third kappa shape index (κ3) is 4.85. The first-order valence-corrected chi connectivity index (χ1v) is 9.55. The quantitative estimate of drug-likeness (QED) is 0.553. The normalized spacial score (nSPS) is 10.7. The Kier molecular flexibility index (Phi) is 6.29. The minimum absolute atomic E-state index is 0.0153. The number of carbonyl (C=O) groups is 1. The molecule has 3 rings (SSSR count). The molecule has 3 nitrogen and oxygen atoms in total. The summed E-state index contributed by atoms with van der Waals surface area (Å²) in [5.74, 6) is 0.577. The van der Waals surface area contributed by atoms with Gasteiger partial charge in [0, 0.05) is 6.54 Å². The van der Waals surface area contributed by atoms with Crippen LogP contribution in [0.5, 0.6) is 5.75 Å². The number of benzene rings is 3. The van der Waals surface area contributed by atoms with Gasteiger partial charge in [0.2, 0.25) is 0 Å². The van der Waals surface area contributed by atoms with Crippen LogP contribution in [0.15, 0.2) is 65.1 Å². The van der Waals surface area contributed by atoms with E-state index < -0.39 is 0 Å². The first-order valence-electron chi connectivity index (χ1n) is 8.76. The number of halogens is 1. The van der Waals surface area contributed by atoms with Crippen LogP contribution >= 0.6 is 15.9 Å². The maximum Gasteiger partial charge on any atom is 0.257 e. The van der Waals surface area contributed by atoms with Gasteiger partial charge in [-0.1, -0.05) is 60.2 Å². The molecule has 0 saturated carbocycles. The first kappa shape index (κ1) is 18.5. The third-order valence-electron chi connectivity index (χ3n) is 4.23. The van der Waals surface area contributed by atoms with E-state index in [0.717, 1.165) is 28.1 Å². The minimum Gasteiger partial charge on any atom is -0.483 e. The van der Waals surface area contributed by atoms with Crippen LogP contribution in [-0.4, -0.2) is 19.1 Å². The highest BCUT2D eigenvalue weighted by Crippen LogP contribution is 2.32. The third-order valence-corrected chi connectivity index (χ3v) is 5.05. The van der Waals surface area contributed by atoms with Gasteiger partial charge in [-0.15, -0.1) is 0 Å². The minimum atomic E-state index is -0.102. The molecule has 0 aliphatic carbocycles. The standard InChI is InChI=1S/C22H22BrNO2/c1-16-6-4-7-17(14-16)8-5-13-24-21(25)15-26-20-12-11-18-9-2-3-10-19(18)22(20)23/h2-4,6-7,9-12,14H,5,8,13,15H2,1H3,(H,24,25). The Bertz CT molecular complexity index is 908. The lowest BCUT2D eigenvalue weighted by molar-refractivity contribution is -0.123. The van der Waals surface area contributed by atoms with Crippen LogP contribution in [0.4, 0.5) is 0 Å². The second-order valence-electron chi connectivity index (χ2n) is 6.33. The van der Waals surface area contributed by atoms with Gasteiger partial charge in [-0.05, 0) is 58.1 Å². The molecule has 26 heavy (non-hydrogen) atoms. The molecule has 0 saturated heterocycles. The van der Waals surface area contributed by atoms with Crippen LogP contribution in [0, 0.1) is 6.92 Å². The zero-order valence-corrected chi connectivity index (χ0v) is 16.4. The summed E-state index contributed by atoms with van der Waals surface area (Å²) in [6.07, 6.45) is 1.87. The molecule has 0 atom stereocenters. The molecule has 0 radical (unpaired) electrons. The number of fused-ring (bicyclic) bond motifs is 1. The van der Waals surface area contributed by atoms with Crippen molar-refractivity contribution in [2.45, 2.75) is 19.8 Å². The van der Waals surface area contributed by atoms with Crippen molar-refractivity contribution >= 4 is 32.6 Å². The number of nitrogens with one attached hydrogen (secondary N) is 1. The molecule has 1 amide bonds. The highest BCUT2D eigenvalue weighted by atomic mass is 79.9. The molecule has 0 bridgehead atoms. The molecule has 0 heterocycles. The smallest absolute Gasteiger partial charge is 0.257 e.